The van der Waals surface area contributed by atoms with Gasteiger partial charge in [0.2, 0.25) is 0 Å². The Morgan fingerprint density at radius 2 is 2.06 bits per heavy atom. The van der Waals surface area contributed by atoms with Gasteiger partial charge in [-0.1, -0.05) is 0 Å². The summed E-state index contributed by atoms with van der Waals surface area (Å²) >= 11 is 0. The zero-order valence-corrected chi connectivity index (χ0v) is 9.78. The molecule has 1 rings (SSSR count). The average molecular weight is 254 g/mol. The molecule has 2 atom stereocenters. The Hall–Kier alpha value is -1.99. The number of non-ortho nitro benzene ring substituents is 1. The van der Waals surface area contributed by atoms with Gasteiger partial charge in [-0.3, -0.25) is 14.9 Å². The summed E-state index contributed by atoms with van der Waals surface area (Å²) in [7, 11) is 0. The van der Waals surface area contributed by atoms with Crippen LogP contribution in [0.2, 0.25) is 0 Å². The molecule has 3 N–H and O–H groups in total. The molecule has 0 bridgehead atoms. The molecule has 0 spiro atoms. The topological polar surface area (TPSA) is 116 Å². The largest absolute Gasteiger partial charge is 0.465 e. The highest BCUT2D eigenvalue weighted by Crippen LogP contribution is 2.20. The second-order valence-corrected chi connectivity index (χ2v) is 3.57. The molecule has 0 amide bonds. The van der Waals surface area contributed by atoms with Gasteiger partial charge in [-0.25, -0.2) is 0 Å². The van der Waals surface area contributed by atoms with E-state index in [1.54, 1.807) is 6.92 Å². The lowest BCUT2D eigenvalue weighted by atomic mass is 10.0. The Morgan fingerprint density at radius 3 is 2.50 bits per heavy atom. The van der Waals surface area contributed by atoms with E-state index in [4.69, 9.17) is 5.73 Å². The molecule has 7 heteroatoms. The Kier molecular flexibility index (Phi) is 4.75. The molecule has 1 aromatic carbocycles. The second-order valence-electron chi connectivity index (χ2n) is 3.57. The van der Waals surface area contributed by atoms with Crippen molar-refractivity contribution >= 4 is 11.7 Å². The maximum absolute atomic E-state index is 11.3. The standard InChI is InChI=1S/C11H14N2O5/c1-2-18-11(15)9(12)10(14)7-3-5-8(6-4-7)13(16)17/h3-6,9-10,14H,2,12H2,1H3/t9-,10-/m0/s1. The summed E-state index contributed by atoms with van der Waals surface area (Å²) in [5.41, 5.74) is 5.74. The van der Waals surface area contributed by atoms with E-state index in [1.807, 2.05) is 0 Å². The lowest BCUT2D eigenvalue weighted by Gasteiger charge is -2.17. The number of benzene rings is 1. The number of hydrogen-bond acceptors (Lipinski definition) is 6. The molecule has 98 valence electrons. The number of nitro groups is 1. The van der Waals surface area contributed by atoms with E-state index in [2.05, 4.69) is 4.74 Å². The van der Waals surface area contributed by atoms with Crippen molar-refractivity contribution in [2.75, 3.05) is 6.61 Å². The normalized spacial score (nSPS) is 13.7. The van der Waals surface area contributed by atoms with E-state index in [-0.39, 0.29) is 12.3 Å². The number of ether oxygens (including phenoxy) is 1. The van der Waals surface area contributed by atoms with Gasteiger partial charge in [0, 0.05) is 12.1 Å². The maximum atomic E-state index is 11.3. The zero-order valence-electron chi connectivity index (χ0n) is 9.78. The summed E-state index contributed by atoms with van der Waals surface area (Å²) < 4.78 is 4.68. The first-order valence-electron chi connectivity index (χ1n) is 5.32. The Balaban J connectivity index is 2.80. The van der Waals surface area contributed by atoms with Gasteiger partial charge in [-0.05, 0) is 24.6 Å². The lowest BCUT2D eigenvalue weighted by Crippen LogP contribution is -2.38. The highest BCUT2D eigenvalue weighted by molar-refractivity contribution is 5.76. The summed E-state index contributed by atoms with van der Waals surface area (Å²) in [5.74, 6) is -0.719. The number of hydrogen-bond donors (Lipinski definition) is 2. The minimum absolute atomic E-state index is 0.101. The number of aliphatic hydroxyl groups is 1. The molecule has 0 aliphatic rings. The van der Waals surface area contributed by atoms with Crippen LogP contribution >= 0.6 is 0 Å². The van der Waals surface area contributed by atoms with Crippen molar-refractivity contribution in [3.05, 3.63) is 39.9 Å². The zero-order chi connectivity index (χ0) is 13.7. The van der Waals surface area contributed by atoms with Crippen LogP contribution in [0.5, 0.6) is 0 Å². The van der Waals surface area contributed by atoms with Gasteiger partial charge in [-0.2, -0.15) is 0 Å². The summed E-state index contributed by atoms with van der Waals surface area (Å²) in [6.07, 6.45) is -1.26. The van der Waals surface area contributed by atoms with E-state index < -0.39 is 23.0 Å². The van der Waals surface area contributed by atoms with Crippen molar-refractivity contribution in [3.63, 3.8) is 0 Å². The fourth-order valence-electron chi connectivity index (χ4n) is 1.37. The molecule has 0 heterocycles. The fourth-order valence-corrected chi connectivity index (χ4v) is 1.37. The van der Waals surface area contributed by atoms with Crippen molar-refractivity contribution in [3.8, 4) is 0 Å². The Labute approximate surface area is 103 Å². The molecule has 0 unspecified atom stereocenters. The molecule has 0 saturated carbocycles. The van der Waals surface area contributed by atoms with Crippen LogP contribution in [0.4, 0.5) is 5.69 Å². The van der Waals surface area contributed by atoms with E-state index in [9.17, 15) is 20.0 Å². The van der Waals surface area contributed by atoms with Gasteiger partial charge < -0.3 is 15.6 Å². The second kappa shape index (κ2) is 6.08. The third kappa shape index (κ3) is 3.25. The SMILES string of the molecule is CCOC(=O)[C@@H](N)[C@@H](O)c1ccc([N+](=O)[O-])cc1. The molecule has 1 aromatic rings. The predicted molar refractivity (Wildman–Crippen MR) is 62.7 cm³/mol. The first-order valence-corrected chi connectivity index (χ1v) is 5.32. The van der Waals surface area contributed by atoms with Crippen molar-refractivity contribution in [2.24, 2.45) is 5.73 Å². The van der Waals surface area contributed by atoms with Gasteiger partial charge >= 0.3 is 5.97 Å². The summed E-state index contributed by atoms with van der Waals surface area (Å²) in [4.78, 5) is 21.2. The highest BCUT2D eigenvalue weighted by Gasteiger charge is 2.25. The first kappa shape index (κ1) is 14.1. The van der Waals surface area contributed by atoms with Gasteiger partial charge in [0.25, 0.3) is 5.69 Å². The number of aliphatic hydroxyl groups excluding tert-OH is 1. The Bertz CT molecular complexity index is 432. The van der Waals surface area contributed by atoms with Crippen LogP contribution in [0, 0.1) is 10.1 Å². The highest BCUT2D eigenvalue weighted by atomic mass is 16.6. The summed E-state index contributed by atoms with van der Waals surface area (Å²) in [6, 6.07) is 3.95. The lowest BCUT2D eigenvalue weighted by molar-refractivity contribution is -0.384. The van der Waals surface area contributed by atoms with Gasteiger partial charge in [0.15, 0.2) is 0 Å². The quantitative estimate of drug-likeness (QED) is 0.449. The number of rotatable bonds is 5. The molecular formula is C11H14N2O5. The van der Waals surface area contributed by atoms with Crippen LogP contribution < -0.4 is 5.73 Å². The van der Waals surface area contributed by atoms with E-state index in [0.717, 1.165) is 0 Å². The van der Waals surface area contributed by atoms with E-state index in [0.29, 0.717) is 5.56 Å². The average Bonchev–Trinajstić information content (AvgIpc) is 2.37. The molecule has 0 aliphatic carbocycles. The number of carbonyl (C=O) groups is 1. The molecule has 0 saturated heterocycles. The van der Waals surface area contributed by atoms with Crippen LogP contribution in [-0.2, 0) is 9.53 Å². The third-order valence-electron chi connectivity index (χ3n) is 2.34. The predicted octanol–water partition coefficient (Wildman–Crippen LogP) is 0.519. The van der Waals surface area contributed by atoms with Crippen LogP contribution in [-0.4, -0.2) is 28.6 Å². The molecular weight excluding hydrogens is 240 g/mol. The molecule has 0 aliphatic heterocycles. The number of carbonyl (C=O) groups excluding carboxylic acids is 1. The van der Waals surface area contributed by atoms with Crippen LogP contribution in [0.15, 0.2) is 24.3 Å². The van der Waals surface area contributed by atoms with Crippen molar-refractivity contribution in [2.45, 2.75) is 19.1 Å². The van der Waals surface area contributed by atoms with Crippen LogP contribution in [0.3, 0.4) is 0 Å². The number of esters is 1. The summed E-state index contributed by atoms with van der Waals surface area (Å²) in [5, 5.41) is 20.3. The monoisotopic (exact) mass is 254 g/mol. The van der Waals surface area contributed by atoms with E-state index in [1.165, 1.54) is 24.3 Å². The number of nitrogens with two attached hydrogens (primary N) is 1. The molecule has 0 fully saturated rings. The number of nitro benzene ring substituents is 1. The Morgan fingerprint density at radius 1 is 1.50 bits per heavy atom. The van der Waals surface area contributed by atoms with Crippen molar-refractivity contribution < 1.29 is 19.6 Å². The molecule has 18 heavy (non-hydrogen) atoms. The maximum Gasteiger partial charge on any atom is 0.325 e. The molecule has 0 radical (unpaired) electrons. The minimum atomic E-state index is -1.26. The smallest absolute Gasteiger partial charge is 0.325 e. The van der Waals surface area contributed by atoms with Gasteiger partial charge in [0.1, 0.15) is 12.1 Å². The first-order chi connectivity index (χ1) is 8.47. The molecule has 7 nitrogen and oxygen atoms in total. The minimum Gasteiger partial charge on any atom is -0.465 e. The van der Waals surface area contributed by atoms with Crippen molar-refractivity contribution in [1.29, 1.82) is 0 Å². The van der Waals surface area contributed by atoms with Gasteiger partial charge in [0.05, 0.1) is 11.5 Å². The molecule has 0 aromatic heterocycles. The number of nitrogens with zero attached hydrogens (tertiary/aromatic N) is 1. The van der Waals surface area contributed by atoms with Crippen LogP contribution in [0.1, 0.15) is 18.6 Å². The van der Waals surface area contributed by atoms with E-state index >= 15 is 0 Å². The fraction of sp³-hybridized carbons (Fsp3) is 0.364. The summed E-state index contributed by atoms with van der Waals surface area (Å²) in [6.45, 7) is 1.79. The third-order valence-corrected chi connectivity index (χ3v) is 2.34. The van der Waals surface area contributed by atoms with Gasteiger partial charge in [-0.15, -0.1) is 0 Å². The van der Waals surface area contributed by atoms with Crippen molar-refractivity contribution in [1.82, 2.24) is 0 Å². The van der Waals surface area contributed by atoms with Crippen LogP contribution in [0.25, 0.3) is 0 Å².